The molecule has 0 saturated carbocycles. The third-order valence-corrected chi connectivity index (χ3v) is 8.86. The number of hydrogen-bond donors (Lipinski definition) is 0. The van der Waals surface area contributed by atoms with Crippen LogP contribution >= 0.6 is 0 Å². The first-order valence-corrected chi connectivity index (χ1v) is 15.2. The van der Waals surface area contributed by atoms with Crippen molar-refractivity contribution in [2.75, 3.05) is 0 Å². The number of allylic oxidation sites excluding steroid dienone is 8. The summed E-state index contributed by atoms with van der Waals surface area (Å²) in [6, 6.07) is 36.9. The number of nitrogens with zero attached hydrogens (tertiary/aromatic N) is 3. The Kier molecular flexibility index (Phi) is 6.30. The van der Waals surface area contributed by atoms with Gasteiger partial charge >= 0.3 is 0 Å². The summed E-state index contributed by atoms with van der Waals surface area (Å²) < 4.78 is 0. The minimum Gasteiger partial charge on any atom is -0.208 e. The van der Waals surface area contributed by atoms with Crippen molar-refractivity contribution in [3.05, 3.63) is 168 Å². The second kappa shape index (κ2) is 10.6. The predicted molar refractivity (Wildman–Crippen MR) is 175 cm³/mol. The van der Waals surface area contributed by atoms with Gasteiger partial charge in [-0.1, -0.05) is 134 Å². The van der Waals surface area contributed by atoms with Crippen LogP contribution in [0.2, 0.25) is 0 Å². The van der Waals surface area contributed by atoms with Gasteiger partial charge in [0.25, 0.3) is 0 Å². The summed E-state index contributed by atoms with van der Waals surface area (Å²) in [7, 11) is 0. The van der Waals surface area contributed by atoms with Crippen molar-refractivity contribution in [1.29, 1.82) is 0 Å². The zero-order chi connectivity index (χ0) is 28.6. The first-order chi connectivity index (χ1) is 21.3. The molecule has 1 aromatic heterocycles. The molecular weight excluding hydrogens is 522 g/mol. The van der Waals surface area contributed by atoms with Gasteiger partial charge in [-0.15, -0.1) is 0 Å². The number of benzene rings is 4. The lowest BCUT2D eigenvalue weighted by Gasteiger charge is -2.35. The highest BCUT2D eigenvalue weighted by molar-refractivity contribution is 5.88. The molecule has 0 amide bonds. The topological polar surface area (TPSA) is 38.7 Å². The molecule has 0 fully saturated rings. The highest BCUT2D eigenvalue weighted by Gasteiger charge is 2.46. The van der Waals surface area contributed by atoms with E-state index in [1.807, 2.05) is 18.2 Å². The van der Waals surface area contributed by atoms with Gasteiger partial charge in [0.1, 0.15) is 0 Å². The minimum atomic E-state index is -0.424. The molecule has 8 rings (SSSR count). The van der Waals surface area contributed by atoms with E-state index in [-0.39, 0.29) is 0 Å². The number of aromatic nitrogens is 3. The van der Waals surface area contributed by atoms with Gasteiger partial charge in [0, 0.05) is 16.7 Å². The molecule has 3 nitrogen and oxygen atoms in total. The molecule has 3 heteroatoms. The lowest BCUT2D eigenvalue weighted by Crippen LogP contribution is -2.29. The van der Waals surface area contributed by atoms with E-state index in [1.54, 1.807) is 0 Å². The number of hydrogen-bond acceptors (Lipinski definition) is 3. The van der Waals surface area contributed by atoms with E-state index in [4.69, 9.17) is 15.0 Å². The molecule has 3 aliphatic carbocycles. The molecule has 1 heterocycles. The molecule has 0 saturated heterocycles. The Morgan fingerprint density at radius 1 is 0.488 bits per heavy atom. The Bertz CT molecular complexity index is 1960. The average molecular weight is 554 g/mol. The van der Waals surface area contributed by atoms with E-state index in [1.165, 1.54) is 33.4 Å². The van der Waals surface area contributed by atoms with Crippen LogP contribution in [0.1, 0.15) is 48.2 Å². The van der Waals surface area contributed by atoms with Gasteiger partial charge < -0.3 is 0 Å². The van der Waals surface area contributed by atoms with E-state index < -0.39 is 5.41 Å². The van der Waals surface area contributed by atoms with Gasteiger partial charge in [0.15, 0.2) is 17.5 Å². The predicted octanol–water partition coefficient (Wildman–Crippen LogP) is 9.53. The molecule has 43 heavy (non-hydrogen) atoms. The van der Waals surface area contributed by atoms with Crippen LogP contribution in [0, 0.1) is 0 Å². The molecule has 0 aliphatic heterocycles. The van der Waals surface area contributed by atoms with Crippen LogP contribution in [-0.2, 0) is 5.41 Å². The maximum absolute atomic E-state index is 5.09. The van der Waals surface area contributed by atoms with Crippen molar-refractivity contribution >= 4 is 5.57 Å². The van der Waals surface area contributed by atoms with Crippen LogP contribution in [0.4, 0.5) is 0 Å². The van der Waals surface area contributed by atoms with Crippen LogP contribution in [-0.4, -0.2) is 15.0 Å². The number of fused-ring (bicyclic) bond motifs is 3. The third-order valence-electron chi connectivity index (χ3n) is 8.86. The molecular formula is C40H31N3. The summed E-state index contributed by atoms with van der Waals surface area (Å²) in [4.78, 5) is 15.1. The van der Waals surface area contributed by atoms with Crippen LogP contribution in [0.25, 0.3) is 39.5 Å². The van der Waals surface area contributed by atoms with E-state index in [0.717, 1.165) is 48.2 Å². The van der Waals surface area contributed by atoms with Crippen molar-refractivity contribution < 1.29 is 0 Å². The van der Waals surface area contributed by atoms with Gasteiger partial charge in [-0.05, 0) is 65.1 Å². The van der Waals surface area contributed by atoms with E-state index in [2.05, 4.69) is 121 Å². The Morgan fingerprint density at radius 3 is 1.88 bits per heavy atom. The monoisotopic (exact) mass is 553 g/mol. The normalized spacial score (nSPS) is 18.5. The lowest BCUT2D eigenvalue weighted by molar-refractivity contribution is 0.751. The zero-order valence-electron chi connectivity index (χ0n) is 23.9. The smallest absolute Gasteiger partial charge is 0.164 e. The Labute approximate surface area is 252 Å². The SMILES string of the molecule is C1=CC(c2nc(-c3ccccc3)nc(-c3ccc4c(c3)C(C3=CCCC=C3)(c3ccccc3)c3ccccc3-4)n2)=CCC1. The minimum absolute atomic E-state index is 0.424. The summed E-state index contributed by atoms with van der Waals surface area (Å²) in [6.45, 7) is 0. The molecule has 3 aliphatic rings. The molecule has 1 atom stereocenters. The van der Waals surface area contributed by atoms with Crippen molar-refractivity contribution in [1.82, 2.24) is 15.0 Å². The highest BCUT2D eigenvalue weighted by Crippen LogP contribution is 2.57. The highest BCUT2D eigenvalue weighted by atomic mass is 15.0. The first-order valence-electron chi connectivity index (χ1n) is 15.2. The van der Waals surface area contributed by atoms with Crippen LogP contribution in [0.3, 0.4) is 0 Å². The summed E-state index contributed by atoms with van der Waals surface area (Å²) >= 11 is 0. The second-order valence-electron chi connectivity index (χ2n) is 11.4. The third kappa shape index (κ3) is 4.23. The van der Waals surface area contributed by atoms with E-state index >= 15 is 0 Å². The van der Waals surface area contributed by atoms with Crippen molar-refractivity contribution in [2.24, 2.45) is 0 Å². The molecule has 0 bridgehead atoms. The quantitative estimate of drug-likeness (QED) is 0.218. The van der Waals surface area contributed by atoms with Gasteiger partial charge in [0.05, 0.1) is 5.41 Å². The van der Waals surface area contributed by atoms with Crippen molar-refractivity contribution in [2.45, 2.75) is 31.1 Å². The van der Waals surface area contributed by atoms with E-state index in [0.29, 0.717) is 11.6 Å². The Hall–Kier alpha value is -5.15. The molecule has 4 aromatic carbocycles. The lowest BCUT2D eigenvalue weighted by atomic mass is 9.66. The van der Waals surface area contributed by atoms with Crippen LogP contribution in [0.15, 0.2) is 145 Å². The second-order valence-corrected chi connectivity index (χ2v) is 11.4. The van der Waals surface area contributed by atoms with Gasteiger partial charge in [0.2, 0.25) is 0 Å². The summed E-state index contributed by atoms with van der Waals surface area (Å²) in [5.74, 6) is 2.10. The summed E-state index contributed by atoms with van der Waals surface area (Å²) in [5.41, 5.74) is 10.3. The Morgan fingerprint density at radius 2 is 1.14 bits per heavy atom. The molecule has 0 radical (unpaired) electrons. The number of rotatable bonds is 5. The first kappa shape index (κ1) is 25.6. The van der Waals surface area contributed by atoms with Gasteiger partial charge in [-0.2, -0.15) is 0 Å². The summed E-state index contributed by atoms with van der Waals surface area (Å²) in [6.07, 6.45) is 17.8. The fourth-order valence-electron chi connectivity index (χ4n) is 6.92. The molecule has 5 aromatic rings. The molecule has 206 valence electrons. The van der Waals surface area contributed by atoms with Gasteiger partial charge in [-0.3, -0.25) is 0 Å². The van der Waals surface area contributed by atoms with Gasteiger partial charge in [-0.25, -0.2) is 15.0 Å². The average Bonchev–Trinajstić information content (AvgIpc) is 3.40. The largest absolute Gasteiger partial charge is 0.208 e. The Balaban J connectivity index is 1.38. The van der Waals surface area contributed by atoms with Crippen LogP contribution < -0.4 is 0 Å². The zero-order valence-corrected chi connectivity index (χ0v) is 23.9. The maximum Gasteiger partial charge on any atom is 0.164 e. The van der Waals surface area contributed by atoms with Crippen LogP contribution in [0.5, 0.6) is 0 Å². The van der Waals surface area contributed by atoms with E-state index in [9.17, 15) is 0 Å². The summed E-state index contributed by atoms with van der Waals surface area (Å²) in [5, 5.41) is 0. The van der Waals surface area contributed by atoms with Crippen molar-refractivity contribution in [3.8, 4) is 33.9 Å². The fraction of sp³-hybridized carbons (Fsp3) is 0.125. The maximum atomic E-state index is 5.09. The molecule has 0 N–H and O–H groups in total. The molecule has 1 unspecified atom stereocenters. The fourth-order valence-corrected chi connectivity index (χ4v) is 6.92. The van der Waals surface area contributed by atoms with Crippen molar-refractivity contribution in [3.63, 3.8) is 0 Å². The standard InChI is InChI=1S/C40H31N3/c1-5-15-28(16-6-1)37-41-38(29-17-7-2-8-18-29)43-39(42-37)30-25-26-34-33-23-13-14-24-35(33)40(36(34)27-30,31-19-9-3-10-20-31)32-21-11-4-12-22-32/h1,3,5-7,9-11,13-27H,2,4,8,12H2. The molecule has 0 spiro atoms.